The van der Waals surface area contributed by atoms with Crippen LogP contribution in [0.1, 0.15) is 18.1 Å². The fraction of sp³-hybridized carbons (Fsp3) is 0.600. The Kier molecular flexibility index (Phi) is 3.93. The van der Waals surface area contributed by atoms with E-state index >= 15 is 0 Å². The summed E-state index contributed by atoms with van der Waals surface area (Å²) in [5, 5.41) is 0. The van der Waals surface area contributed by atoms with Crippen molar-refractivity contribution in [2.45, 2.75) is 26.4 Å². The standard InChI is InChI=1S/C15H25N3/c1-11-5-6-14(16)13(7-11)9-18-8-12(2)15(10-18)17(3)4/h5-7,12,15H,8-10,16H2,1-4H3. The Morgan fingerprint density at radius 1 is 1.33 bits per heavy atom. The third-order valence-corrected chi connectivity index (χ3v) is 4.00. The lowest BCUT2D eigenvalue weighted by Gasteiger charge is -2.22. The monoisotopic (exact) mass is 247 g/mol. The van der Waals surface area contributed by atoms with Gasteiger partial charge in [-0.05, 0) is 38.6 Å². The first kappa shape index (κ1) is 13.4. The predicted molar refractivity (Wildman–Crippen MR) is 77.5 cm³/mol. The van der Waals surface area contributed by atoms with Crippen LogP contribution in [0.25, 0.3) is 0 Å². The van der Waals surface area contributed by atoms with E-state index in [2.05, 4.69) is 49.9 Å². The summed E-state index contributed by atoms with van der Waals surface area (Å²) < 4.78 is 0. The maximum absolute atomic E-state index is 6.06. The first-order chi connectivity index (χ1) is 8.47. The molecule has 0 aromatic heterocycles. The van der Waals surface area contributed by atoms with E-state index in [0.29, 0.717) is 6.04 Å². The minimum Gasteiger partial charge on any atom is -0.398 e. The van der Waals surface area contributed by atoms with E-state index in [9.17, 15) is 0 Å². The van der Waals surface area contributed by atoms with E-state index < -0.39 is 0 Å². The molecule has 1 aromatic rings. The number of anilines is 1. The van der Waals surface area contributed by atoms with E-state index in [1.165, 1.54) is 11.1 Å². The molecular weight excluding hydrogens is 222 g/mol. The second-order valence-electron chi connectivity index (χ2n) is 5.90. The maximum Gasteiger partial charge on any atom is 0.0359 e. The van der Waals surface area contributed by atoms with Crippen molar-refractivity contribution in [3.05, 3.63) is 29.3 Å². The number of hydrogen-bond acceptors (Lipinski definition) is 3. The van der Waals surface area contributed by atoms with Crippen LogP contribution >= 0.6 is 0 Å². The lowest BCUT2D eigenvalue weighted by molar-refractivity contribution is 0.250. The number of aryl methyl sites for hydroxylation is 1. The molecule has 2 unspecified atom stereocenters. The Balaban J connectivity index is 2.05. The fourth-order valence-electron chi connectivity index (χ4n) is 2.96. The molecule has 2 rings (SSSR count). The first-order valence-electron chi connectivity index (χ1n) is 6.71. The Hall–Kier alpha value is -1.06. The van der Waals surface area contributed by atoms with Crippen molar-refractivity contribution in [3.8, 4) is 0 Å². The number of rotatable bonds is 3. The zero-order valence-corrected chi connectivity index (χ0v) is 12.0. The number of nitrogen functional groups attached to an aromatic ring is 1. The van der Waals surface area contributed by atoms with E-state index in [1.807, 2.05) is 6.07 Å². The predicted octanol–water partition coefficient (Wildman–Crippen LogP) is 1.96. The summed E-state index contributed by atoms with van der Waals surface area (Å²) in [4.78, 5) is 4.85. The Morgan fingerprint density at radius 2 is 2.06 bits per heavy atom. The van der Waals surface area contributed by atoms with E-state index in [-0.39, 0.29) is 0 Å². The zero-order chi connectivity index (χ0) is 13.3. The molecule has 1 saturated heterocycles. The molecule has 0 amide bonds. The molecule has 1 aromatic carbocycles. The number of nitrogens with zero attached hydrogens (tertiary/aromatic N) is 2. The van der Waals surface area contributed by atoms with Gasteiger partial charge in [0.1, 0.15) is 0 Å². The maximum atomic E-state index is 6.06. The molecule has 0 spiro atoms. The topological polar surface area (TPSA) is 32.5 Å². The zero-order valence-electron chi connectivity index (χ0n) is 12.0. The molecule has 100 valence electrons. The molecule has 1 aliphatic rings. The van der Waals surface area contributed by atoms with Crippen LogP contribution in [0.5, 0.6) is 0 Å². The Morgan fingerprint density at radius 3 is 2.67 bits per heavy atom. The summed E-state index contributed by atoms with van der Waals surface area (Å²) in [6.45, 7) is 7.74. The molecular formula is C15H25N3. The number of likely N-dealkylation sites (tertiary alicyclic amines) is 1. The van der Waals surface area contributed by atoms with Crippen LogP contribution in [-0.2, 0) is 6.54 Å². The van der Waals surface area contributed by atoms with E-state index in [0.717, 1.165) is 31.2 Å². The van der Waals surface area contributed by atoms with Gasteiger partial charge >= 0.3 is 0 Å². The largest absolute Gasteiger partial charge is 0.398 e. The van der Waals surface area contributed by atoms with Crippen molar-refractivity contribution in [1.29, 1.82) is 0 Å². The van der Waals surface area contributed by atoms with E-state index in [1.54, 1.807) is 0 Å². The van der Waals surface area contributed by atoms with Crippen molar-refractivity contribution in [3.63, 3.8) is 0 Å². The summed E-state index contributed by atoms with van der Waals surface area (Å²) in [7, 11) is 4.34. The highest BCUT2D eigenvalue weighted by Crippen LogP contribution is 2.24. The van der Waals surface area contributed by atoms with Crippen molar-refractivity contribution < 1.29 is 0 Å². The average Bonchev–Trinajstić information content (AvgIpc) is 2.65. The van der Waals surface area contributed by atoms with Gasteiger partial charge in [-0.1, -0.05) is 24.6 Å². The Bertz CT molecular complexity index is 414. The normalized spacial score (nSPS) is 24.9. The molecule has 1 heterocycles. The van der Waals surface area contributed by atoms with Crippen LogP contribution in [0.4, 0.5) is 5.69 Å². The molecule has 3 heteroatoms. The van der Waals surface area contributed by atoms with Gasteiger partial charge in [-0.25, -0.2) is 0 Å². The van der Waals surface area contributed by atoms with Crippen molar-refractivity contribution >= 4 is 5.69 Å². The van der Waals surface area contributed by atoms with Gasteiger partial charge < -0.3 is 10.6 Å². The minimum atomic E-state index is 0.663. The highest BCUT2D eigenvalue weighted by atomic mass is 15.2. The van der Waals surface area contributed by atoms with Crippen LogP contribution in [0.15, 0.2) is 18.2 Å². The van der Waals surface area contributed by atoms with Crippen LogP contribution < -0.4 is 5.73 Å². The molecule has 0 aliphatic carbocycles. The summed E-state index contributed by atoms with van der Waals surface area (Å²) >= 11 is 0. The number of likely N-dealkylation sites (N-methyl/N-ethyl adjacent to an activating group) is 1. The highest BCUT2D eigenvalue weighted by molar-refractivity contribution is 5.48. The van der Waals surface area contributed by atoms with Gasteiger partial charge in [0.15, 0.2) is 0 Å². The molecule has 0 saturated carbocycles. The quantitative estimate of drug-likeness (QED) is 0.829. The summed E-state index contributed by atoms with van der Waals surface area (Å²) in [6, 6.07) is 6.97. The molecule has 18 heavy (non-hydrogen) atoms. The van der Waals surface area contributed by atoms with Gasteiger partial charge in [0.25, 0.3) is 0 Å². The second kappa shape index (κ2) is 5.29. The fourth-order valence-corrected chi connectivity index (χ4v) is 2.96. The Labute approximate surface area is 111 Å². The molecule has 1 aliphatic heterocycles. The summed E-state index contributed by atoms with van der Waals surface area (Å²) in [6.07, 6.45) is 0. The molecule has 0 radical (unpaired) electrons. The van der Waals surface area contributed by atoms with Gasteiger partial charge in [0.2, 0.25) is 0 Å². The van der Waals surface area contributed by atoms with Crippen LogP contribution in [0.2, 0.25) is 0 Å². The number of hydrogen-bond donors (Lipinski definition) is 1. The third kappa shape index (κ3) is 2.85. The molecule has 2 atom stereocenters. The minimum absolute atomic E-state index is 0.663. The number of nitrogens with two attached hydrogens (primary N) is 1. The van der Waals surface area contributed by atoms with E-state index in [4.69, 9.17) is 5.73 Å². The van der Waals surface area contributed by atoms with Crippen molar-refractivity contribution in [2.24, 2.45) is 5.92 Å². The number of benzene rings is 1. The summed E-state index contributed by atoms with van der Waals surface area (Å²) in [5.41, 5.74) is 9.53. The van der Waals surface area contributed by atoms with Gasteiger partial charge in [0.05, 0.1) is 0 Å². The lowest BCUT2D eigenvalue weighted by Crippen LogP contribution is -2.34. The summed E-state index contributed by atoms with van der Waals surface area (Å²) in [5.74, 6) is 0.728. The second-order valence-corrected chi connectivity index (χ2v) is 5.90. The van der Waals surface area contributed by atoms with Crippen LogP contribution in [0.3, 0.4) is 0 Å². The van der Waals surface area contributed by atoms with Crippen LogP contribution in [-0.4, -0.2) is 43.0 Å². The van der Waals surface area contributed by atoms with Gasteiger partial charge in [-0.2, -0.15) is 0 Å². The lowest BCUT2D eigenvalue weighted by atomic mass is 10.1. The van der Waals surface area contributed by atoms with Crippen LogP contribution in [0, 0.1) is 12.8 Å². The molecule has 3 nitrogen and oxygen atoms in total. The molecule has 2 N–H and O–H groups in total. The van der Waals surface area contributed by atoms with Crippen molar-refractivity contribution in [2.75, 3.05) is 32.9 Å². The average molecular weight is 247 g/mol. The van der Waals surface area contributed by atoms with Gasteiger partial charge in [-0.15, -0.1) is 0 Å². The van der Waals surface area contributed by atoms with Gasteiger partial charge in [0, 0.05) is 31.4 Å². The SMILES string of the molecule is Cc1ccc(N)c(CN2CC(C)C(N(C)C)C2)c1. The van der Waals surface area contributed by atoms with Crippen molar-refractivity contribution in [1.82, 2.24) is 9.80 Å². The molecule has 0 bridgehead atoms. The highest BCUT2D eigenvalue weighted by Gasteiger charge is 2.30. The van der Waals surface area contributed by atoms with Gasteiger partial charge in [-0.3, -0.25) is 4.90 Å². The third-order valence-electron chi connectivity index (χ3n) is 4.00. The molecule has 1 fully saturated rings. The smallest absolute Gasteiger partial charge is 0.0359 e. The first-order valence-corrected chi connectivity index (χ1v) is 6.71.